The van der Waals surface area contributed by atoms with Crippen LogP contribution in [0.2, 0.25) is 0 Å². The van der Waals surface area contributed by atoms with Crippen molar-refractivity contribution in [2.24, 2.45) is 0 Å². The zero-order valence-electron chi connectivity index (χ0n) is 11.5. The van der Waals surface area contributed by atoms with Crippen LogP contribution in [0.3, 0.4) is 0 Å². The Morgan fingerprint density at radius 3 is 2.23 bits per heavy atom. The molecule has 0 bridgehead atoms. The molecule has 0 radical (unpaired) electrons. The summed E-state index contributed by atoms with van der Waals surface area (Å²) < 4.78 is 5.81. The Kier molecular flexibility index (Phi) is 3.50. The van der Waals surface area contributed by atoms with Crippen molar-refractivity contribution in [2.45, 2.75) is 11.8 Å². The normalized spacial score (nSPS) is 19.3. The fourth-order valence-electron chi connectivity index (χ4n) is 2.89. The van der Waals surface area contributed by atoms with Crippen molar-refractivity contribution in [2.75, 3.05) is 6.54 Å². The van der Waals surface area contributed by atoms with Crippen molar-refractivity contribution in [3.8, 4) is 11.5 Å². The third-order valence-electron chi connectivity index (χ3n) is 3.81. The highest BCUT2D eigenvalue weighted by molar-refractivity contribution is 5.79. The maximum Gasteiger partial charge on any atom is 0.312 e. The number of rotatable bonds is 3. The lowest BCUT2D eigenvalue weighted by Crippen LogP contribution is -2.25. The van der Waals surface area contributed by atoms with Crippen molar-refractivity contribution >= 4 is 5.97 Å². The number of carboxylic acids is 1. The molecule has 6 heteroatoms. The van der Waals surface area contributed by atoms with Gasteiger partial charge in [-0.2, -0.15) is 0 Å². The highest BCUT2D eigenvalue weighted by atomic mass is 16.6. The van der Waals surface area contributed by atoms with Gasteiger partial charge in [0.25, 0.3) is 0 Å². The Labute approximate surface area is 126 Å². The third-order valence-corrected chi connectivity index (χ3v) is 3.81. The fraction of sp³-hybridized carbons (Fsp3) is 0.188. The van der Waals surface area contributed by atoms with Crippen molar-refractivity contribution in [1.82, 2.24) is 0 Å². The molecule has 2 atom stereocenters. The second-order valence-corrected chi connectivity index (χ2v) is 5.12. The standard InChI is InChI=1S/C16H13NO5/c18-16(19)15-11-6-2-4-8-14(11)22-13-7-3-1-5-10(13)12(15)9-17(20)21/h1-8,12,15H,9H2,(H,18,19)/t12-,15-/m1/s1. The molecule has 112 valence electrons. The summed E-state index contributed by atoms with van der Waals surface area (Å²) in [5, 5.41) is 20.7. The average Bonchev–Trinajstić information content (AvgIpc) is 2.61. The quantitative estimate of drug-likeness (QED) is 0.695. The first-order chi connectivity index (χ1) is 10.6. The smallest absolute Gasteiger partial charge is 0.312 e. The Morgan fingerprint density at radius 2 is 1.64 bits per heavy atom. The van der Waals surface area contributed by atoms with E-state index in [4.69, 9.17) is 4.74 Å². The highest BCUT2D eigenvalue weighted by Crippen LogP contribution is 2.46. The summed E-state index contributed by atoms with van der Waals surface area (Å²) in [4.78, 5) is 22.4. The van der Waals surface area contributed by atoms with Crippen LogP contribution in [0.4, 0.5) is 0 Å². The van der Waals surface area contributed by atoms with Crippen LogP contribution < -0.4 is 4.74 Å². The Hall–Kier alpha value is -2.89. The predicted molar refractivity (Wildman–Crippen MR) is 77.9 cm³/mol. The minimum Gasteiger partial charge on any atom is -0.481 e. The second kappa shape index (κ2) is 5.48. The monoisotopic (exact) mass is 299 g/mol. The molecule has 0 amide bonds. The van der Waals surface area contributed by atoms with Crippen LogP contribution >= 0.6 is 0 Å². The summed E-state index contributed by atoms with van der Waals surface area (Å²) in [6.07, 6.45) is 0. The van der Waals surface area contributed by atoms with Gasteiger partial charge in [0.2, 0.25) is 6.54 Å². The average molecular weight is 299 g/mol. The third kappa shape index (κ3) is 2.39. The number of carboxylic acid groups (broad SMARTS) is 1. The summed E-state index contributed by atoms with van der Waals surface area (Å²) in [7, 11) is 0. The number of ether oxygens (including phenoxy) is 1. The Bertz CT molecular complexity index is 743. The molecule has 6 nitrogen and oxygen atoms in total. The molecule has 3 rings (SSSR count). The van der Waals surface area contributed by atoms with Crippen LogP contribution in [0.5, 0.6) is 11.5 Å². The van der Waals surface area contributed by atoms with Gasteiger partial charge in [-0.05, 0) is 12.1 Å². The highest BCUT2D eigenvalue weighted by Gasteiger charge is 2.40. The Balaban J connectivity index is 2.24. The van der Waals surface area contributed by atoms with E-state index in [0.717, 1.165) is 0 Å². The van der Waals surface area contributed by atoms with E-state index in [1.165, 1.54) is 0 Å². The van der Waals surface area contributed by atoms with Crippen LogP contribution in [0.15, 0.2) is 48.5 Å². The van der Waals surface area contributed by atoms with E-state index in [9.17, 15) is 20.0 Å². The molecule has 1 N–H and O–H groups in total. The molecule has 0 fully saturated rings. The van der Waals surface area contributed by atoms with E-state index in [2.05, 4.69) is 0 Å². The largest absolute Gasteiger partial charge is 0.481 e. The maximum atomic E-state index is 11.8. The maximum absolute atomic E-state index is 11.8. The molecular formula is C16H13NO5. The van der Waals surface area contributed by atoms with E-state index in [-0.39, 0.29) is 0 Å². The molecule has 1 heterocycles. The molecule has 0 spiro atoms. The minimum atomic E-state index is -1.10. The van der Waals surface area contributed by atoms with E-state index < -0.39 is 29.3 Å². The lowest BCUT2D eigenvalue weighted by molar-refractivity contribution is -0.483. The van der Waals surface area contributed by atoms with Gasteiger partial charge in [-0.25, -0.2) is 0 Å². The number of hydrogen-bond acceptors (Lipinski definition) is 4. The molecule has 1 aliphatic rings. The molecular weight excluding hydrogens is 286 g/mol. The van der Waals surface area contributed by atoms with Crippen LogP contribution in [-0.4, -0.2) is 22.5 Å². The zero-order valence-corrected chi connectivity index (χ0v) is 11.5. The minimum absolute atomic E-state index is 0.424. The summed E-state index contributed by atoms with van der Waals surface area (Å²) in [6.45, 7) is -0.467. The van der Waals surface area contributed by atoms with E-state index in [1.54, 1.807) is 48.5 Å². The zero-order chi connectivity index (χ0) is 15.7. The van der Waals surface area contributed by atoms with E-state index in [0.29, 0.717) is 22.6 Å². The molecule has 0 saturated carbocycles. The van der Waals surface area contributed by atoms with Gasteiger partial charge in [-0.1, -0.05) is 36.4 Å². The molecule has 0 aromatic heterocycles. The van der Waals surface area contributed by atoms with Gasteiger partial charge in [-0.15, -0.1) is 0 Å². The van der Waals surface area contributed by atoms with Gasteiger partial charge in [0.05, 0.1) is 11.8 Å². The van der Waals surface area contributed by atoms with Crippen LogP contribution in [-0.2, 0) is 4.79 Å². The number of benzene rings is 2. The van der Waals surface area contributed by atoms with Crippen molar-refractivity contribution < 1.29 is 19.6 Å². The van der Waals surface area contributed by atoms with Crippen LogP contribution in [0.25, 0.3) is 0 Å². The van der Waals surface area contributed by atoms with Crippen molar-refractivity contribution in [3.05, 3.63) is 69.8 Å². The lowest BCUT2D eigenvalue weighted by atomic mass is 9.81. The van der Waals surface area contributed by atoms with Gasteiger partial charge in [0.15, 0.2) is 0 Å². The lowest BCUT2D eigenvalue weighted by Gasteiger charge is -2.19. The van der Waals surface area contributed by atoms with Gasteiger partial charge >= 0.3 is 5.97 Å². The van der Waals surface area contributed by atoms with Crippen molar-refractivity contribution in [1.29, 1.82) is 0 Å². The SMILES string of the molecule is O=C(O)[C@@H]1c2ccccc2Oc2ccccc2[C@H]1C[N+](=O)[O-]. The first kappa shape index (κ1) is 14.1. The van der Waals surface area contributed by atoms with Gasteiger partial charge < -0.3 is 9.84 Å². The summed E-state index contributed by atoms with van der Waals surface area (Å²) in [5.41, 5.74) is 1.00. The van der Waals surface area contributed by atoms with E-state index in [1.807, 2.05) is 0 Å². The van der Waals surface area contributed by atoms with Gasteiger partial charge in [-0.3, -0.25) is 14.9 Å². The number of carbonyl (C=O) groups is 1. The Morgan fingerprint density at radius 1 is 1.09 bits per heavy atom. The molecule has 22 heavy (non-hydrogen) atoms. The van der Waals surface area contributed by atoms with Gasteiger partial charge in [0.1, 0.15) is 11.5 Å². The second-order valence-electron chi connectivity index (χ2n) is 5.12. The first-order valence-electron chi connectivity index (χ1n) is 6.78. The first-order valence-corrected chi connectivity index (χ1v) is 6.78. The van der Waals surface area contributed by atoms with Crippen LogP contribution in [0.1, 0.15) is 23.0 Å². The molecule has 0 saturated heterocycles. The number of aliphatic carboxylic acids is 1. The van der Waals surface area contributed by atoms with Crippen LogP contribution in [0, 0.1) is 10.1 Å². The number of nitro groups is 1. The summed E-state index contributed by atoms with van der Waals surface area (Å²) in [5.74, 6) is -2.02. The van der Waals surface area contributed by atoms with Crippen molar-refractivity contribution in [3.63, 3.8) is 0 Å². The summed E-state index contributed by atoms with van der Waals surface area (Å²) >= 11 is 0. The number of fused-ring (bicyclic) bond motifs is 2. The molecule has 2 aromatic rings. The predicted octanol–water partition coefficient (Wildman–Crippen LogP) is 3.02. The molecule has 2 aromatic carbocycles. The number of para-hydroxylation sites is 2. The topological polar surface area (TPSA) is 89.7 Å². The summed E-state index contributed by atoms with van der Waals surface area (Å²) in [6, 6.07) is 13.6. The molecule has 0 aliphatic carbocycles. The van der Waals surface area contributed by atoms with E-state index >= 15 is 0 Å². The number of nitrogens with zero attached hydrogens (tertiary/aromatic N) is 1. The molecule has 0 unspecified atom stereocenters. The fourth-order valence-corrected chi connectivity index (χ4v) is 2.89. The van der Waals surface area contributed by atoms with Gasteiger partial charge in [0, 0.05) is 16.1 Å². The number of hydrogen-bond donors (Lipinski definition) is 1. The molecule has 1 aliphatic heterocycles.